The second kappa shape index (κ2) is 5.71. The molecule has 0 atom stereocenters. The molecule has 0 radical (unpaired) electrons. The molecule has 0 spiro atoms. The van der Waals surface area contributed by atoms with Crippen LogP contribution in [0.15, 0.2) is 30.7 Å². The summed E-state index contributed by atoms with van der Waals surface area (Å²) in [6.07, 6.45) is 5.57. The maximum absolute atomic E-state index is 10.7. The number of nitrogens with one attached hydrogen (secondary N) is 1. The van der Waals surface area contributed by atoms with Crippen molar-refractivity contribution in [2.24, 2.45) is 0 Å². The van der Waals surface area contributed by atoms with Crippen LogP contribution in [0.1, 0.15) is 6.42 Å². The van der Waals surface area contributed by atoms with Crippen molar-refractivity contribution in [3.8, 4) is 0 Å². The molecule has 0 amide bonds. The molecule has 0 saturated carbocycles. The average Bonchev–Trinajstić information content (AvgIpc) is 2.88. The fraction of sp³-hybridized carbons (Fsp3) is 0.300. The molecule has 94 valence electrons. The third-order valence-electron chi connectivity index (χ3n) is 2.31. The fourth-order valence-corrected chi connectivity index (χ4v) is 1.50. The van der Waals surface area contributed by atoms with Crippen LogP contribution in [0.5, 0.6) is 0 Å². The van der Waals surface area contributed by atoms with Crippen LogP contribution in [0.4, 0.5) is 11.5 Å². The van der Waals surface area contributed by atoms with Crippen LogP contribution in [0.3, 0.4) is 0 Å². The zero-order valence-corrected chi connectivity index (χ0v) is 9.56. The molecule has 0 saturated heterocycles. The highest BCUT2D eigenvalue weighted by Crippen LogP contribution is 2.19. The number of hydrogen-bond donors (Lipinski definition) is 1. The maximum Gasteiger partial charge on any atom is 0.386 e. The molecule has 0 aliphatic heterocycles. The lowest BCUT2D eigenvalue weighted by atomic mass is 10.3. The molecule has 1 N–H and O–H groups in total. The summed E-state index contributed by atoms with van der Waals surface area (Å²) in [6.45, 7) is 1.31. The average molecular weight is 248 g/mol. The Labute approximate surface area is 103 Å². The molecule has 0 unspecified atom stereocenters. The summed E-state index contributed by atoms with van der Waals surface area (Å²) in [4.78, 5) is 13.9. The molecule has 2 aromatic rings. The van der Waals surface area contributed by atoms with Gasteiger partial charge in [0.2, 0.25) is 0 Å². The normalized spacial score (nSPS) is 10.2. The number of aryl methyl sites for hydroxylation is 1. The van der Waals surface area contributed by atoms with Gasteiger partial charge in [0.25, 0.3) is 0 Å². The van der Waals surface area contributed by atoms with Gasteiger partial charge in [-0.15, -0.1) is 5.10 Å². The fourth-order valence-electron chi connectivity index (χ4n) is 1.50. The van der Waals surface area contributed by atoms with Crippen molar-refractivity contribution in [3.05, 3.63) is 40.8 Å². The molecule has 0 aliphatic carbocycles. The Morgan fingerprint density at radius 1 is 1.44 bits per heavy atom. The molecular formula is C10H12N6O2. The van der Waals surface area contributed by atoms with Gasteiger partial charge in [-0.1, -0.05) is 5.21 Å². The predicted octanol–water partition coefficient (Wildman–Crippen LogP) is 1.08. The van der Waals surface area contributed by atoms with E-state index in [1.807, 2.05) is 0 Å². The summed E-state index contributed by atoms with van der Waals surface area (Å²) in [6, 6.07) is 3.30. The molecule has 18 heavy (non-hydrogen) atoms. The van der Waals surface area contributed by atoms with Crippen molar-refractivity contribution in [2.45, 2.75) is 13.0 Å². The lowest BCUT2D eigenvalue weighted by Crippen LogP contribution is -2.09. The van der Waals surface area contributed by atoms with Gasteiger partial charge in [-0.05, 0) is 28.5 Å². The Kier molecular flexibility index (Phi) is 3.79. The van der Waals surface area contributed by atoms with Crippen molar-refractivity contribution in [1.82, 2.24) is 20.0 Å². The Hall–Kier alpha value is -2.51. The van der Waals surface area contributed by atoms with E-state index in [0.717, 1.165) is 6.42 Å². The Balaban J connectivity index is 1.85. The number of pyridine rings is 1. The SMILES string of the molecule is O=[N+]([O-])c1ncccc1NCCCn1ccnn1. The van der Waals surface area contributed by atoms with Gasteiger partial charge in [0.15, 0.2) is 0 Å². The molecule has 2 heterocycles. The minimum absolute atomic E-state index is 0.154. The molecule has 0 fully saturated rings. The van der Waals surface area contributed by atoms with E-state index in [1.54, 1.807) is 29.2 Å². The van der Waals surface area contributed by atoms with Gasteiger partial charge in [0.05, 0.1) is 6.20 Å². The summed E-state index contributed by atoms with van der Waals surface area (Å²) in [5.74, 6) is -0.154. The summed E-state index contributed by atoms with van der Waals surface area (Å²) in [5.41, 5.74) is 0.432. The van der Waals surface area contributed by atoms with Crippen molar-refractivity contribution < 1.29 is 4.92 Å². The minimum atomic E-state index is -0.500. The van der Waals surface area contributed by atoms with Crippen LogP contribution in [0, 0.1) is 10.1 Å². The zero-order valence-electron chi connectivity index (χ0n) is 9.56. The third kappa shape index (κ3) is 3.00. The monoisotopic (exact) mass is 248 g/mol. The van der Waals surface area contributed by atoms with Gasteiger partial charge in [0.1, 0.15) is 11.9 Å². The van der Waals surface area contributed by atoms with Crippen LogP contribution < -0.4 is 5.32 Å². The minimum Gasteiger partial charge on any atom is -0.378 e. The van der Waals surface area contributed by atoms with Crippen LogP contribution in [0.25, 0.3) is 0 Å². The highest BCUT2D eigenvalue weighted by Gasteiger charge is 2.12. The second-order valence-corrected chi connectivity index (χ2v) is 3.58. The number of aromatic nitrogens is 4. The van der Waals surface area contributed by atoms with E-state index >= 15 is 0 Å². The molecule has 8 nitrogen and oxygen atoms in total. The van der Waals surface area contributed by atoms with Gasteiger partial charge >= 0.3 is 5.82 Å². The maximum atomic E-state index is 10.7. The van der Waals surface area contributed by atoms with Crippen LogP contribution in [-0.4, -0.2) is 31.4 Å². The smallest absolute Gasteiger partial charge is 0.378 e. The zero-order chi connectivity index (χ0) is 12.8. The molecule has 0 aliphatic rings. The Morgan fingerprint density at radius 3 is 3.06 bits per heavy atom. The molecule has 0 aromatic carbocycles. The molecular weight excluding hydrogens is 236 g/mol. The summed E-state index contributed by atoms with van der Waals surface area (Å²) >= 11 is 0. The highest BCUT2D eigenvalue weighted by atomic mass is 16.6. The quantitative estimate of drug-likeness (QED) is 0.466. The first kappa shape index (κ1) is 12.0. The van der Waals surface area contributed by atoms with E-state index in [-0.39, 0.29) is 5.82 Å². The van der Waals surface area contributed by atoms with Crippen molar-refractivity contribution in [3.63, 3.8) is 0 Å². The summed E-state index contributed by atoms with van der Waals surface area (Å²) in [5, 5.41) is 21.2. The molecule has 2 aromatic heterocycles. The van der Waals surface area contributed by atoms with Gasteiger partial charge < -0.3 is 15.4 Å². The van der Waals surface area contributed by atoms with Crippen LogP contribution >= 0.6 is 0 Å². The molecule has 0 bridgehead atoms. The Morgan fingerprint density at radius 2 is 2.33 bits per heavy atom. The van der Waals surface area contributed by atoms with Crippen LogP contribution in [-0.2, 0) is 6.54 Å². The summed E-state index contributed by atoms with van der Waals surface area (Å²) in [7, 11) is 0. The number of anilines is 1. The first-order valence-electron chi connectivity index (χ1n) is 5.45. The van der Waals surface area contributed by atoms with Crippen molar-refractivity contribution in [2.75, 3.05) is 11.9 Å². The third-order valence-corrected chi connectivity index (χ3v) is 2.31. The predicted molar refractivity (Wildman–Crippen MR) is 64.0 cm³/mol. The van der Waals surface area contributed by atoms with Crippen molar-refractivity contribution in [1.29, 1.82) is 0 Å². The number of nitrogens with zero attached hydrogens (tertiary/aromatic N) is 5. The van der Waals surface area contributed by atoms with E-state index in [1.165, 1.54) is 6.20 Å². The number of rotatable bonds is 6. The van der Waals surface area contributed by atoms with E-state index in [4.69, 9.17) is 0 Å². The largest absolute Gasteiger partial charge is 0.386 e. The van der Waals surface area contributed by atoms with Crippen LogP contribution in [0.2, 0.25) is 0 Å². The molecule has 2 rings (SSSR count). The standard InChI is InChI=1S/C10H12N6O2/c17-16(18)10-9(3-1-4-12-10)11-5-2-7-15-8-6-13-14-15/h1,3-4,6,8,11H,2,5,7H2. The number of nitro groups is 1. The van der Waals surface area contributed by atoms with Gasteiger partial charge in [-0.3, -0.25) is 4.68 Å². The van der Waals surface area contributed by atoms with E-state index < -0.39 is 4.92 Å². The molecule has 8 heteroatoms. The van der Waals surface area contributed by atoms with Gasteiger partial charge in [0, 0.05) is 19.3 Å². The van der Waals surface area contributed by atoms with Crippen molar-refractivity contribution >= 4 is 11.5 Å². The van der Waals surface area contributed by atoms with Gasteiger partial charge in [-0.2, -0.15) is 0 Å². The summed E-state index contributed by atoms with van der Waals surface area (Å²) < 4.78 is 1.71. The first-order chi connectivity index (χ1) is 8.77. The number of hydrogen-bond acceptors (Lipinski definition) is 6. The van der Waals surface area contributed by atoms with E-state index in [9.17, 15) is 10.1 Å². The Bertz CT molecular complexity index is 513. The second-order valence-electron chi connectivity index (χ2n) is 3.58. The van der Waals surface area contributed by atoms with E-state index in [0.29, 0.717) is 18.8 Å². The topological polar surface area (TPSA) is 98.8 Å². The van der Waals surface area contributed by atoms with E-state index in [2.05, 4.69) is 20.6 Å². The highest BCUT2D eigenvalue weighted by molar-refractivity contribution is 5.56. The lowest BCUT2D eigenvalue weighted by molar-refractivity contribution is -0.388. The van der Waals surface area contributed by atoms with Gasteiger partial charge in [-0.25, -0.2) is 0 Å². The first-order valence-corrected chi connectivity index (χ1v) is 5.45. The lowest BCUT2D eigenvalue weighted by Gasteiger charge is -2.05.